The third kappa shape index (κ3) is 8.36. The Kier molecular flexibility index (Phi) is 11.3. The number of aliphatic carboxylic acids is 1. The molecule has 0 spiro atoms. The Morgan fingerprint density at radius 2 is 1.86 bits per heavy atom. The summed E-state index contributed by atoms with van der Waals surface area (Å²) in [7, 11) is 0. The number of amides is 1. The van der Waals surface area contributed by atoms with Gasteiger partial charge in [0.25, 0.3) is 5.91 Å². The molecule has 0 aromatic heterocycles. The topological polar surface area (TPSA) is 95.9 Å². The Hall–Kier alpha value is -2.35. The van der Waals surface area contributed by atoms with Gasteiger partial charge in [0.05, 0.1) is 19.3 Å². The van der Waals surface area contributed by atoms with E-state index in [0.29, 0.717) is 30.3 Å². The highest BCUT2D eigenvalue weighted by molar-refractivity contribution is 7.98. The third-order valence-electron chi connectivity index (χ3n) is 6.89. The van der Waals surface area contributed by atoms with Crippen molar-refractivity contribution < 1.29 is 24.5 Å². The molecule has 1 amide bonds. The molecule has 1 saturated carbocycles. The highest BCUT2D eigenvalue weighted by atomic mass is 32.2. The van der Waals surface area contributed by atoms with Gasteiger partial charge in [0.1, 0.15) is 6.04 Å². The van der Waals surface area contributed by atoms with Crippen LogP contribution in [0.1, 0.15) is 66.4 Å². The summed E-state index contributed by atoms with van der Waals surface area (Å²) in [6.45, 7) is 2.60. The van der Waals surface area contributed by atoms with E-state index in [9.17, 15) is 19.8 Å². The fourth-order valence-electron chi connectivity index (χ4n) is 4.89. The van der Waals surface area contributed by atoms with E-state index in [4.69, 9.17) is 4.74 Å². The zero-order chi connectivity index (χ0) is 25.9. The highest BCUT2D eigenvalue weighted by Gasteiger charge is 2.23. The number of carboxylic acid groups (broad SMARTS) is 1. The van der Waals surface area contributed by atoms with Crippen LogP contribution in [-0.4, -0.2) is 52.9 Å². The van der Waals surface area contributed by atoms with Gasteiger partial charge in [0.15, 0.2) is 0 Å². The molecular weight excluding hydrogens is 474 g/mol. The number of aliphatic hydroxyl groups excluding tert-OH is 1. The van der Waals surface area contributed by atoms with Gasteiger partial charge < -0.3 is 20.3 Å². The molecule has 0 bridgehead atoms. The first-order valence-corrected chi connectivity index (χ1v) is 14.3. The molecule has 6 nitrogen and oxygen atoms in total. The number of hydrogen-bond acceptors (Lipinski definition) is 5. The first kappa shape index (κ1) is 28.2. The molecule has 1 aliphatic rings. The number of carbonyl (C=O) groups is 2. The standard InChI is InChI=1S/C29H39NO5S/c1-20-8-6-7-11-24(20)26-17-22(18-35-19-23(31)16-21-9-4-3-5-10-21)12-13-25(26)28(32)30-27(29(33)34)14-15-36-2/h6-8,11-13,17,21,23,27,31H,3-5,9-10,14-16,18-19H2,1-2H3,(H,30,32)(H,33,34)/t23-,27-/m0/s1. The van der Waals surface area contributed by atoms with Crippen LogP contribution in [0.5, 0.6) is 0 Å². The van der Waals surface area contributed by atoms with Crippen LogP contribution in [0.3, 0.4) is 0 Å². The number of ether oxygens (including phenoxy) is 1. The number of rotatable bonds is 13. The summed E-state index contributed by atoms with van der Waals surface area (Å²) in [4.78, 5) is 24.9. The minimum absolute atomic E-state index is 0.286. The summed E-state index contributed by atoms with van der Waals surface area (Å²) in [5, 5.41) is 22.7. The van der Waals surface area contributed by atoms with Crippen LogP contribution in [0, 0.1) is 12.8 Å². The van der Waals surface area contributed by atoms with Gasteiger partial charge in [-0.2, -0.15) is 11.8 Å². The molecule has 36 heavy (non-hydrogen) atoms. The van der Waals surface area contributed by atoms with Crippen LogP contribution >= 0.6 is 11.8 Å². The molecule has 7 heteroatoms. The average molecular weight is 514 g/mol. The number of benzene rings is 2. The largest absolute Gasteiger partial charge is 0.480 e. The van der Waals surface area contributed by atoms with E-state index in [-0.39, 0.29) is 6.61 Å². The Morgan fingerprint density at radius 1 is 1.11 bits per heavy atom. The summed E-state index contributed by atoms with van der Waals surface area (Å²) < 4.78 is 5.85. The van der Waals surface area contributed by atoms with E-state index in [1.807, 2.05) is 49.6 Å². The number of nitrogens with one attached hydrogen (secondary N) is 1. The maximum atomic E-state index is 13.2. The van der Waals surface area contributed by atoms with Crippen molar-refractivity contribution >= 4 is 23.6 Å². The Morgan fingerprint density at radius 3 is 2.56 bits per heavy atom. The predicted octanol–water partition coefficient (Wildman–Crippen LogP) is 5.45. The molecular formula is C29H39NO5S. The van der Waals surface area contributed by atoms with Crippen molar-refractivity contribution in [1.82, 2.24) is 5.32 Å². The molecule has 2 atom stereocenters. The number of thioether (sulfide) groups is 1. The van der Waals surface area contributed by atoms with Gasteiger partial charge in [-0.1, -0.05) is 62.4 Å². The molecule has 3 N–H and O–H groups in total. The summed E-state index contributed by atoms with van der Waals surface area (Å²) in [6.07, 6.45) is 8.78. The fourth-order valence-corrected chi connectivity index (χ4v) is 5.37. The maximum Gasteiger partial charge on any atom is 0.326 e. The Labute approximate surface area is 218 Å². The lowest BCUT2D eigenvalue weighted by molar-refractivity contribution is -0.139. The lowest BCUT2D eigenvalue weighted by atomic mass is 9.85. The van der Waals surface area contributed by atoms with Gasteiger partial charge in [0, 0.05) is 5.56 Å². The van der Waals surface area contributed by atoms with Crippen LogP contribution in [0.15, 0.2) is 42.5 Å². The van der Waals surface area contributed by atoms with E-state index in [0.717, 1.165) is 28.7 Å². The van der Waals surface area contributed by atoms with E-state index >= 15 is 0 Å². The lowest BCUT2D eigenvalue weighted by Gasteiger charge is -2.24. The normalized spacial score (nSPS) is 15.9. The van der Waals surface area contributed by atoms with Gasteiger partial charge >= 0.3 is 5.97 Å². The average Bonchev–Trinajstić information content (AvgIpc) is 2.87. The summed E-state index contributed by atoms with van der Waals surface area (Å²) >= 11 is 1.55. The van der Waals surface area contributed by atoms with E-state index in [1.54, 1.807) is 17.8 Å². The minimum Gasteiger partial charge on any atom is -0.480 e. The Bertz CT molecular complexity index is 1000. The van der Waals surface area contributed by atoms with Gasteiger partial charge in [-0.05, 0) is 72.1 Å². The van der Waals surface area contributed by atoms with E-state index in [1.165, 1.54) is 32.1 Å². The van der Waals surface area contributed by atoms with Crippen LogP contribution < -0.4 is 5.32 Å². The van der Waals surface area contributed by atoms with Crippen molar-refractivity contribution in [2.75, 3.05) is 18.6 Å². The number of aliphatic hydroxyl groups is 1. The van der Waals surface area contributed by atoms with Crippen LogP contribution in [0.4, 0.5) is 0 Å². The second-order valence-electron chi connectivity index (χ2n) is 9.75. The van der Waals surface area contributed by atoms with E-state index in [2.05, 4.69) is 5.32 Å². The summed E-state index contributed by atoms with van der Waals surface area (Å²) in [5.41, 5.74) is 4.00. The van der Waals surface area contributed by atoms with Crippen LogP contribution in [0.2, 0.25) is 0 Å². The quantitative estimate of drug-likeness (QED) is 0.330. The highest BCUT2D eigenvalue weighted by Crippen LogP contribution is 2.29. The molecule has 0 aliphatic heterocycles. The van der Waals surface area contributed by atoms with Crippen molar-refractivity contribution in [1.29, 1.82) is 0 Å². The van der Waals surface area contributed by atoms with Gasteiger partial charge in [-0.25, -0.2) is 4.79 Å². The molecule has 2 aromatic rings. The van der Waals surface area contributed by atoms with E-state index < -0.39 is 24.0 Å². The number of hydrogen-bond donors (Lipinski definition) is 3. The molecule has 2 aromatic carbocycles. The monoisotopic (exact) mass is 513 g/mol. The van der Waals surface area contributed by atoms with Gasteiger partial charge in [0.2, 0.25) is 0 Å². The molecule has 0 saturated heterocycles. The van der Waals surface area contributed by atoms with Crippen molar-refractivity contribution in [2.45, 2.75) is 70.6 Å². The number of aryl methyl sites for hydroxylation is 1. The first-order valence-electron chi connectivity index (χ1n) is 12.9. The first-order chi connectivity index (χ1) is 17.4. The summed E-state index contributed by atoms with van der Waals surface area (Å²) in [5.74, 6) is -0.206. The minimum atomic E-state index is -1.04. The molecule has 196 valence electrons. The molecule has 1 aliphatic carbocycles. The number of carboxylic acids is 1. The van der Waals surface area contributed by atoms with Gasteiger partial charge in [-0.15, -0.1) is 0 Å². The van der Waals surface area contributed by atoms with Crippen LogP contribution in [-0.2, 0) is 16.1 Å². The van der Waals surface area contributed by atoms with Crippen molar-refractivity contribution in [3.8, 4) is 11.1 Å². The summed E-state index contributed by atoms with van der Waals surface area (Å²) in [6, 6.07) is 12.4. The Balaban J connectivity index is 1.73. The van der Waals surface area contributed by atoms with Crippen molar-refractivity contribution in [2.24, 2.45) is 5.92 Å². The predicted molar refractivity (Wildman–Crippen MR) is 145 cm³/mol. The SMILES string of the molecule is CSCC[C@H](NC(=O)c1ccc(COC[C@@H](O)CC2CCCCC2)cc1-c1ccccc1C)C(=O)O. The van der Waals surface area contributed by atoms with Gasteiger partial charge in [-0.3, -0.25) is 4.79 Å². The van der Waals surface area contributed by atoms with Crippen molar-refractivity contribution in [3.05, 3.63) is 59.2 Å². The molecule has 0 radical (unpaired) electrons. The third-order valence-corrected chi connectivity index (χ3v) is 7.53. The molecule has 1 fully saturated rings. The fraction of sp³-hybridized carbons (Fsp3) is 0.517. The smallest absolute Gasteiger partial charge is 0.326 e. The second-order valence-corrected chi connectivity index (χ2v) is 10.7. The van der Waals surface area contributed by atoms with Crippen molar-refractivity contribution in [3.63, 3.8) is 0 Å². The molecule has 3 rings (SSSR count). The maximum absolute atomic E-state index is 13.2. The number of carbonyl (C=O) groups excluding carboxylic acids is 1. The molecule has 0 unspecified atom stereocenters. The second kappa shape index (κ2) is 14.4. The molecule has 0 heterocycles. The lowest BCUT2D eigenvalue weighted by Crippen LogP contribution is -2.41. The van der Waals surface area contributed by atoms with Crippen LogP contribution in [0.25, 0.3) is 11.1 Å². The zero-order valence-electron chi connectivity index (χ0n) is 21.4. The zero-order valence-corrected chi connectivity index (χ0v) is 22.2.